The van der Waals surface area contributed by atoms with Gasteiger partial charge in [-0.2, -0.15) is 0 Å². The van der Waals surface area contributed by atoms with E-state index in [0.29, 0.717) is 0 Å². The lowest BCUT2D eigenvalue weighted by Gasteiger charge is -2.16. The number of hydrogen-bond donors (Lipinski definition) is 1. The number of thiophene rings is 1. The quantitative estimate of drug-likeness (QED) is 0.825. The third-order valence-corrected chi connectivity index (χ3v) is 4.52. The number of hydrogen-bond acceptors (Lipinski definition) is 2. The first-order valence-electron chi connectivity index (χ1n) is 5.99. The molecule has 0 spiro atoms. The van der Waals surface area contributed by atoms with Crippen LogP contribution in [-0.4, -0.2) is 0 Å². The van der Waals surface area contributed by atoms with Crippen LogP contribution in [0.5, 0.6) is 0 Å². The minimum absolute atomic E-state index is 0.276. The molecule has 1 fully saturated rings. The van der Waals surface area contributed by atoms with Crippen molar-refractivity contribution in [3.63, 3.8) is 0 Å². The van der Waals surface area contributed by atoms with Gasteiger partial charge in [0.05, 0.1) is 0 Å². The van der Waals surface area contributed by atoms with Gasteiger partial charge in [0.15, 0.2) is 0 Å². The maximum absolute atomic E-state index is 6.30. The predicted octanol–water partition coefficient (Wildman–Crippen LogP) is 3.95. The summed E-state index contributed by atoms with van der Waals surface area (Å²) in [6, 6.07) is 2.55. The van der Waals surface area contributed by atoms with Gasteiger partial charge in [-0.05, 0) is 37.8 Å². The van der Waals surface area contributed by atoms with E-state index in [1.807, 2.05) is 11.3 Å². The Morgan fingerprint density at radius 1 is 1.40 bits per heavy atom. The fourth-order valence-corrected chi connectivity index (χ4v) is 3.75. The monoisotopic (exact) mass is 223 g/mol. The molecule has 84 valence electrons. The van der Waals surface area contributed by atoms with Gasteiger partial charge in [0.1, 0.15) is 0 Å². The fourth-order valence-electron chi connectivity index (χ4n) is 2.75. The van der Waals surface area contributed by atoms with Crippen LogP contribution in [0.2, 0.25) is 0 Å². The van der Waals surface area contributed by atoms with Crippen LogP contribution in [-0.2, 0) is 0 Å². The first-order chi connectivity index (χ1) is 7.16. The van der Waals surface area contributed by atoms with E-state index in [2.05, 4.69) is 19.9 Å². The van der Waals surface area contributed by atoms with Crippen LogP contribution < -0.4 is 5.73 Å². The molecule has 0 saturated heterocycles. The summed E-state index contributed by atoms with van der Waals surface area (Å²) >= 11 is 1.88. The normalized spacial score (nSPS) is 19.7. The molecular formula is C13H21NS. The molecule has 1 aromatic rings. The van der Waals surface area contributed by atoms with Crippen molar-refractivity contribution in [2.24, 2.45) is 11.7 Å². The summed E-state index contributed by atoms with van der Waals surface area (Å²) < 4.78 is 0. The molecule has 1 saturated carbocycles. The van der Waals surface area contributed by atoms with Gasteiger partial charge in [0, 0.05) is 15.8 Å². The Morgan fingerprint density at radius 3 is 2.60 bits per heavy atom. The largest absolute Gasteiger partial charge is 0.324 e. The van der Waals surface area contributed by atoms with Crippen molar-refractivity contribution >= 4 is 11.3 Å². The van der Waals surface area contributed by atoms with Gasteiger partial charge in [0.2, 0.25) is 0 Å². The summed E-state index contributed by atoms with van der Waals surface area (Å²) in [6.07, 6.45) is 6.82. The average Bonchev–Trinajstić information content (AvgIpc) is 2.75. The second-order valence-corrected chi connectivity index (χ2v) is 6.32. The number of aryl methyl sites for hydroxylation is 2. The maximum Gasteiger partial charge on any atom is 0.0308 e. The molecule has 2 heteroatoms. The van der Waals surface area contributed by atoms with E-state index in [0.717, 1.165) is 5.92 Å². The van der Waals surface area contributed by atoms with Crippen molar-refractivity contribution in [1.29, 1.82) is 0 Å². The van der Waals surface area contributed by atoms with E-state index in [9.17, 15) is 0 Å². The minimum Gasteiger partial charge on any atom is -0.324 e. The molecule has 1 heterocycles. The molecule has 1 aliphatic carbocycles. The molecule has 2 rings (SSSR count). The zero-order chi connectivity index (χ0) is 10.8. The summed E-state index contributed by atoms with van der Waals surface area (Å²) in [4.78, 5) is 2.81. The SMILES string of the molecule is Cc1cc(C(N)CC2CCCC2)c(C)s1. The van der Waals surface area contributed by atoms with Crippen LogP contribution in [0.4, 0.5) is 0 Å². The highest BCUT2D eigenvalue weighted by Crippen LogP contribution is 2.34. The van der Waals surface area contributed by atoms with Crippen molar-refractivity contribution in [3.05, 3.63) is 21.4 Å². The number of rotatable bonds is 3. The molecular weight excluding hydrogens is 202 g/mol. The molecule has 1 aliphatic rings. The lowest BCUT2D eigenvalue weighted by molar-refractivity contribution is 0.450. The fraction of sp³-hybridized carbons (Fsp3) is 0.692. The molecule has 1 nitrogen and oxygen atoms in total. The summed E-state index contributed by atoms with van der Waals surface area (Å²) in [5, 5.41) is 0. The highest BCUT2D eigenvalue weighted by molar-refractivity contribution is 7.12. The van der Waals surface area contributed by atoms with Crippen LogP contribution in [0.3, 0.4) is 0 Å². The highest BCUT2D eigenvalue weighted by Gasteiger charge is 2.20. The molecule has 0 bridgehead atoms. The van der Waals surface area contributed by atoms with Crippen molar-refractivity contribution < 1.29 is 0 Å². The lowest BCUT2D eigenvalue weighted by Crippen LogP contribution is -2.14. The predicted molar refractivity (Wildman–Crippen MR) is 67.3 cm³/mol. The summed E-state index contributed by atoms with van der Waals surface area (Å²) in [5.41, 5.74) is 7.69. The Morgan fingerprint density at radius 2 is 2.07 bits per heavy atom. The van der Waals surface area contributed by atoms with Gasteiger partial charge in [-0.1, -0.05) is 25.7 Å². The van der Waals surface area contributed by atoms with E-state index in [-0.39, 0.29) is 6.04 Å². The van der Waals surface area contributed by atoms with E-state index >= 15 is 0 Å². The molecule has 0 aromatic carbocycles. The first-order valence-corrected chi connectivity index (χ1v) is 6.81. The Bertz CT molecular complexity index is 323. The van der Waals surface area contributed by atoms with E-state index < -0.39 is 0 Å². The Kier molecular flexibility index (Phi) is 3.47. The highest BCUT2D eigenvalue weighted by atomic mass is 32.1. The van der Waals surface area contributed by atoms with Gasteiger partial charge in [0.25, 0.3) is 0 Å². The van der Waals surface area contributed by atoms with Crippen LogP contribution in [0.15, 0.2) is 6.07 Å². The summed E-state index contributed by atoms with van der Waals surface area (Å²) in [5.74, 6) is 0.889. The van der Waals surface area contributed by atoms with Crippen LogP contribution in [0.25, 0.3) is 0 Å². The van der Waals surface area contributed by atoms with E-state index in [1.165, 1.54) is 47.4 Å². The van der Waals surface area contributed by atoms with Crippen LogP contribution >= 0.6 is 11.3 Å². The maximum atomic E-state index is 6.30. The molecule has 0 amide bonds. The number of nitrogens with two attached hydrogens (primary N) is 1. The standard InChI is InChI=1S/C13H21NS/c1-9-7-12(10(2)15-9)13(14)8-11-5-3-4-6-11/h7,11,13H,3-6,8,14H2,1-2H3. The third-order valence-electron chi connectivity index (χ3n) is 3.54. The van der Waals surface area contributed by atoms with Crippen molar-refractivity contribution in [1.82, 2.24) is 0 Å². The van der Waals surface area contributed by atoms with Crippen LogP contribution in [0.1, 0.15) is 53.5 Å². The van der Waals surface area contributed by atoms with Gasteiger partial charge >= 0.3 is 0 Å². The molecule has 1 unspecified atom stereocenters. The van der Waals surface area contributed by atoms with Gasteiger partial charge in [-0.3, -0.25) is 0 Å². The minimum atomic E-state index is 0.276. The first kappa shape index (κ1) is 11.2. The second kappa shape index (κ2) is 4.67. The van der Waals surface area contributed by atoms with Gasteiger partial charge < -0.3 is 5.73 Å². The molecule has 15 heavy (non-hydrogen) atoms. The van der Waals surface area contributed by atoms with Crippen molar-refractivity contribution in [3.8, 4) is 0 Å². The van der Waals surface area contributed by atoms with Crippen molar-refractivity contribution in [2.45, 2.75) is 52.0 Å². The molecule has 1 aromatic heterocycles. The molecule has 1 atom stereocenters. The van der Waals surface area contributed by atoms with Gasteiger partial charge in [-0.15, -0.1) is 11.3 Å². The second-order valence-electron chi connectivity index (χ2n) is 4.86. The van der Waals surface area contributed by atoms with E-state index in [4.69, 9.17) is 5.73 Å². The Balaban J connectivity index is 2.00. The van der Waals surface area contributed by atoms with Gasteiger partial charge in [-0.25, -0.2) is 0 Å². The Hall–Kier alpha value is -0.340. The summed E-state index contributed by atoms with van der Waals surface area (Å²) in [6.45, 7) is 4.37. The topological polar surface area (TPSA) is 26.0 Å². The zero-order valence-electron chi connectivity index (χ0n) is 9.75. The lowest BCUT2D eigenvalue weighted by atomic mass is 9.94. The molecule has 0 aliphatic heterocycles. The molecule has 0 radical (unpaired) electrons. The van der Waals surface area contributed by atoms with Crippen molar-refractivity contribution in [2.75, 3.05) is 0 Å². The third kappa shape index (κ3) is 2.61. The molecule has 2 N–H and O–H groups in total. The zero-order valence-corrected chi connectivity index (χ0v) is 10.6. The van der Waals surface area contributed by atoms with Crippen LogP contribution in [0, 0.1) is 19.8 Å². The summed E-state index contributed by atoms with van der Waals surface area (Å²) in [7, 11) is 0. The average molecular weight is 223 g/mol. The van der Waals surface area contributed by atoms with E-state index in [1.54, 1.807) is 0 Å². The smallest absolute Gasteiger partial charge is 0.0308 e. The Labute approximate surface area is 96.7 Å².